The monoisotopic (exact) mass is 368 g/mol. The fraction of sp³-hybridized carbons (Fsp3) is 0.611. The largest absolute Gasteiger partial charge is 0.484 e. The second-order valence-corrected chi connectivity index (χ2v) is 9.42. The summed E-state index contributed by atoms with van der Waals surface area (Å²) in [6.45, 7) is 8.53. The molecule has 1 aromatic rings. The molecule has 0 atom stereocenters. The van der Waals surface area contributed by atoms with Crippen LogP contribution in [-0.2, 0) is 14.8 Å². The van der Waals surface area contributed by atoms with Gasteiger partial charge < -0.3 is 10.1 Å². The van der Waals surface area contributed by atoms with Crippen molar-refractivity contribution in [3.63, 3.8) is 0 Å². The summed E-state index contributed by atoms with van der Waals surface area (Å²) >= 11 is 0. The number of carbonyl (C=O) groups excluding carboxylic acids is 1. The van der Waals surface area contributed by atoms with Crippen molar-refractivity contribution in [2.45, 2.75) is 57.4 Å². The fourth-order valence-electron chi connectivity index (χ4n) is 2.80. The molecule has 0 radical (unpaired) electrons. The first-order valence-corrected chi connectivity index (χ1v) is 10.1. The third-order valence-electron chi connectivity index (χ3n) is 3.97. The number of nitrogens with zero attached hydrogens (tertiary/aromatic N) is 1. The predicted molar refractivity (Wildman–Crippen MR) is 97.2 cm³/mol. The Kier molecular flexibility index (Phi) is 6.11. The van der Waals surface area contributed by atoms with Crippen LogP contribution in [0.25, 0.3) is 0 Å². The van der Waals surface area contributed by atoms with Gasteiger partial charge in [0.15, 0.2) is 6.61 Å². The lowest BCUT2D eigenvalue weighted by atomic mass is 10.1. The van der Waals surface area contributed by atoms with E-state index in [4.69, 9.17) is 4.74 Å². The second-order valence-electron chi connectivity index (χ2n) is 7.48. The molecule has 7 heteroatoms. The highest BCUT2D eigenvalue weighted by Gasteiger charge is 2.26. The van der Waals surface area contributed by atoms with Gasteiger partial charge in [0.2, 0.25) is 10.0 Å². The number of hydrogen-bond acceptors (Lipinski definition) is 4. The summed E-state index contributed by atoms with van der Waals surface area (Å²) in [5.74, 6) is 0.304. The number of hydrogen-bond donors (Lipinski definition) is 1. The van der Waals surface area contributed by atoms with Gasteiger partial charge in [-0.1, -0.05) is 6.42 Å². The van der Waals surface area contributed by atoms with Crippen LogP contribution in [0.3, 0.4) is 0 Å². The average Bonchev–Trinajstić information content (AvgIpc) is 2.53. The van der Waals surface area contributed by atoms with Crippen molar-refractivity contribution in [1.29, 1.82) is 0 Å². The Labute approximate surface area is 150 Å². The van der Waals surface area contributed by atoms with E-state index in [0.29, 0.717) is 24.4 Å². The maximum Gasteiger partial charge on any atom is 0.258 e. The molecule has 2 rings (SSSR count). The number of nitrogens with one attached hydrogen (secondary N) is 1. The molecule has 0 unspecified atom stereocenters. The number of ether oxygens (including phenoxy) is 1. The number of benzene rings is 1. The summed E-state index contributed by atoms with van der Waals surface area (Å²) < 4.78 is 32.5. The highest BCUT2D eigenvalue weighted by molar-refractivity contribution is 7.89. The lowest BCUT2D eigenvalue weighted by molar-refractivity contribution is -0.124. The van der Waals surface area contributed by atoms with E-state index in [1.165, 1.54) is 0 Å². The number of piperidine rings is 1. The molecule has 1 N–H and O–H groups in total. The van der Waals surface area contributed by atoms with E-state index in [0.717, 1.165) is 19.3 Å². The molecule has 0 saturated carbocycles. The van der Waals surface area contributed by atoms with Crippen molar-refractivity contribution < 1.29 is 17.9 Å². The smallest absolute Gasteiger partial charge is 0.258 e. The van der Waals surface area contributed by atoms with Gasteiger partial charge in [0, 0.05) is 18.6 Å². The van der Waals surface area contributed by atoms with Crippen molar-refractivity contribution in [2.75, 3.05) is 19.7 Å². The molecule has 1 amide bonds. The average molecular weight is 368 g/mol. The number of sulfonamides is 1. The van der Waals surface area contributed by atoms with Crippen LogP contribution >= 0.6 is 0 Å². The minimum Gasteiger partial charge on any atom is -0.484 e. The van der Waals surface area contributed by atoms with E-state index in [1.807, 2.05) is 20.8 Å². The van der Waals surface area contributed by atoms with Crippen molar-refractivity contribution in [3.8, 4) is 5.75 Å². The van der Waals surface area contributed by atoms with Crippen LogP contribution in [0.1, 0.15) is 45.6 Å². The van der Waals surface area contributed by atoms with Crippen LogP contribution in [0, 0.1) is 6.92 Å². The first kappa shape index (κ1) is 19.7. The van der Waals surface area contributed by atoms with Gasteiger partial charge in [-0.05, 0) is 64.3 Å². The first-order valence-electron chi connectivity index (χ1n) is 8.64. The molecule has 0 spiro atoms. The summed E-state index contributed by atoms with van der Waals surface area (Å²) in [5, 5.41) is 2.82. The van der Waals surface area contributed by atoms with Crippen molar-refractivity contribution >= 4 is 15.9 Å². The zero-order chi connectivity index (χ0) is 18.7. The van der Waals surface area contributed by atoms with Gasteiger partial charge in [-0.25, -0.2) is 8.42 Å². The molecule has 0 bridgehead atoms. The Balaban J connectivity index is 2.06. The van der Waals surface area contributed by atoms with E-state index < -0.39 is 10.0 Å². The van der Waals surface area contributed by atoms with Gasteiger partial charge in [0.05, 0.1) is 4.90 Å². The molecule has 1 fully saturated rings. The molecule has 0 aromatic heterocycles. The van der Waals surface area contributed by atoms with Crippen molar-refractivity contribution in [2.24, 2.45) is 0 Å². The Morgan fingerprint density at radius 1 is 1.20 bits per heavy atom. The maximum atomic E-state index is 12.7. The number of amides is 1. The van der Waals surface area contributed by atoms with E-state index >= 15 is 0 Å². The van der Waals surface area contributed by atoms with Gasteiger partial charge in [-0.15, -0.1) is 0 Å². The molecule has 1 saturated heterocycles. The third kappa shape index (κ3) is 5.44. The number of carbonyl (C=O) groups is 1. The summed E-state index contributed by atoms with van der Waals surface area (Å²) in [6.07, 6.45) is 2.89. The van der Waals surface area contributed by atoms with Crippen LogP contribution < -0.4 is 10.1 Å². The predicted octanol–water partition coefficient (Wildman–Crippen LogP) is 2.46. The first-order chi connectivity index (χ1) is 11.6. The van der Waals surface area contributed by atoms with E-state index in [2.05, 4.69) is 5.32 Å². The number of aryl methyl sites for hydroxylation is 1. The maximum absolute atomic E-state index is 12.7. The van der Waals surface area contributed by atoms with E-state index in [-0.39, 0.29) is 22.9 Å². The second kappa shape index (κ2) is 7.74. The van der Waals surface area contributed by atoms with Gasteiger partial charge >= 0.3 is 0 Å². The van der Waals surface area contributed by atoms with E-state index in [9.17, 15) is 13.2 Å². The quantitative estimate of drug-likeness (QED) is 0.866. The van der Waals surface area contributed by atoms with Crippen LogP contribution in [0.15, 0.2) is 23.1 Å². The summed E-state index contributed by atoms with van der Waals surface area (Å²) in [5.41, 5.74) is 0.378. The molecule has 140 valence electrons. The lowest BCUT2D eigenvalue weighted by Crippen LogP contribution is -2.43. The van der Waals surface area contributed by atoms with Crippen LogP contribution in [0.4, 0.5) is 0 Å². The number of rotatable bonds is 5. The molecule has 1 aromatic carbocycles. The van der Waals surface area contributed by atoms with E-state index in [1.54, 1.807) is 29.4 Å². The molecule has 1 heterocycles. The van der Waals surface area contributed by atoms with Crippen LogP contribution in [0.2, 0.25) is 0 Å². The van der Waals surface area contributed by atoms with Crippen molar-refractivity contribution in [1.82, 2.24) is 9.62 Å². The molecule has 1 aliphatic heterocycles. The molecule has 1 aliphatic rings. The summed E-state index contributed by atoms with van der Waals surface area (Å²) in [4.78, 5) is 12.1. The zero-order valence-corrected chi connectivity index (χ0v) is 16.3. The standard InChI is InChI=1S/C18H28N2O4S/c1-14-12-15(25(22,23)20-10-6-5-7-11-20)8-9-16(14)24-13-17(21)19-18(2,3)4/h8-9,12H,5-7,10-11,13H2,1-4H3,(H,19,21). The minimum absolute atomic E-state index is 0.101. The van der Waals surface area contributed by atoms with Gasteiger partial charge in [0.1, 0.15) is 5.75 Å². The Morgan fingerprint density at radius 2 is 1.84 bits per heavy atom. The molecular weight excluding hydrogens is 340 g/mol. The van der Waals surface area contributed by atoms with Crippen molar-refractivity contribution in [3.05, 3.63) is 23.8 Å². The Morgan fingerprint density at radius 3 is 2.40 bits per heavy atom. The molecule has 0 aliphatic carbocycles. The fourth-order valence-corrected chi connectivity index (χ4v) is 4.40. The van der Waals surface area contributed by atoms with Crippen LogP contribution in [-0.4, -0.2) is 43.9 Å². The molecule has 25 heavy (non-hydrogen) atoms. The Bertz CT molecular complexity index is 717. The highest BCUT2D eigenvalue weighted by atomic mass is 32.2. The Hall–Kier alpha value is -1.60. The van der Waals surface area contributed by atoms with Gasteiger partial charge in [-0.2, -0.15) is 4.31 Å². The summed E-state index contributed by atoms with van der Waals surface area (Å²) in [7, 11) is -3.46. The topological polar surface area (TPSA) is 75.7 Å². The SMILES string of the molecule is Cc1cc(S(=O)(=O)N2CCCCC2)ccc1OCC(=O)NC(C)(C)C. The zero-order valence-electron chi connectivity index (χ0n) is 15.5. The van der Waals surface area contributed by atoms with Crippen LogP contribution in [0.5, 0.6) is 5.75 Å². The minimum atomic E-state index is -3.46. The highest BCUT2D eigenvalue weighted by Crippen LogP contribution is 2.25. The summed E-state index contributed by atoms with van der Waals surface area (Å²) in [6, 6.07) is 4.78. The molecular formula is C18H28N2O4S. The molecule has 6 nitrogen and oxygen atoms in total. The normalized spacial score (nSPS) is 16.5. The lowest BCUT2D eigenvalue weighted by Gasteiger charge is -2.26. The third-order valence-corrected chi connectivity index (χ3v) is 5.87. The van der Waals surface area contributed by atoms with Gasteiger partial charge in [0.25, 0.3) is 5.91 Å². The van der Waals surface area contributed by atoms with Gasteiger partial charge in [-0.3, -0.25) is 4.79 Å².